The predicted molar refractivity (Wildman–Crippen MR) is 114 cm³/mol. The van der Waals surface area contributed by atoms with Crippen LogP contribution in [0.4, 0.5) is 0 Å². The standard InChI is InChI=1S/C22H22N2O2S2/c1-15(25)23-18(16-6-3-2-4-7-16)14-21(26)24-11-9-19-17(10-13-28-19)22(24)20-8-5-12-27-20/h2-8,10,12-13,18,22H,9,11,14H2,1H3,(H,23,25)/t18-,22+/m0/s1. The van der Waals surface area contributed by atoms with Crippen LogP contribution in [0.1, 0.15) is 46.3 Å². The monoisotopic (exact) mass is 410 g/mol. The van der Waals surface area contributed by atoms with Crippen molar-refractivity contribution in [3.8, 4) is 0 Å². The molecule has 144 valence electrons. The number of hydrogen-bond acceptors (Lipinski definition) is 4. The minimum absolute atomic E-state index is 0.0312. The lowest BCUT2D eigenvalue weighted by atomic mass is 9.96. The van der Waals surface area contributed by atoms with Gasteiger partial charge in [-0.3, -0.25) is 9.59 Å². The maximum absolute atomic E-state index is 13.4. The summed E-state index contributed by atoms with van der Waals surface area (Å²) in [6.45, 7) is 2.20. The lowest BCUT2D eigenvalue weighted by Crippen LogP contribution is -2.41. The van der Waals surface area contributed by atoms with Gasteiger partial charge in [0.2, 0.25) is 11.8 Å². The summed E-state index contributed by atoms with van der Waals surface area (Å²) < 4.78 is 0. The van der Waals surface area contributed by atoms with Gasteiger partial charge in [0.15, 0.2) is 0 Å². The Morgan fingerprint density at radius 2 is 1.93 bits per heavy atom. The van der Waals surface area contributed by atoms with E-state index in [1.54, 1.807) is 22.7 Å². The Hall–Kier alpha value is -2.44. The van der Waals surface area contributed by atoms with Crippen molar-refractivity contribution in [2.24, 2.45) is 0 Å². The molecule has 3 heterocycles. The van der Waals surface area contributed by atoms with Crippen molar-refractivity contribution in [3.05, 3.63) is 80.2 Å². The molecule has 0 bridgehead atoms. The molecule has 3 aromatic rings. The van der Waals surface area contributed by atoms with E-state index in [-0.39, 0.29) is 30.3 Å². The van der Waals surface area contributed by atoms with Gasteiger partial charge in [-0.25, -0.2) is 0 Å². The minimum atomic E-state index is -0.320. The summed E-state index contributed by atoms with van der Waals surface area (Å²) in [5.74, 6) is -0.0620. The van der Waals surface area contributed by atoms with Gasteiger partial charge in [0, 0.05) is 23.2 Å². The number of hydrogen-bond donors (Lipinski definition) is 1. The van der Waals surface area contributed by atoms with E-state index in [2.05, 4.69) is 28.2 Å². The molecule has 0 spiro atoms. The van der Waals surface area contributed by atoms with E-state index in [0.717, 1.165) is 12.0 Å². The van der Waals surface area contributed by atoms with Crippen LogP contribution in [0.5, 0.6) is 0 Å². The highest BCUT2D eigenvalue weighted by atomic mass is 32.1. The van der Waals surface area contributed by atoms with Crippen molar-refractivity contribution in [1.29, 1.82) is 0 Å². The molecule has 0 aliphatic carbocycles. The molecule has 1 aliphatic rings. The molecule has 0 unspecified atom stereocenters. The first-order valence-electron chi connectivity index (χ1n) is 9.34. The third kappa shape index (κ3) is 3.88. The lowest BCUT2D eigenvalue weighted by Gasteiger charge is -2.36. The highest BCUT2D eigenvalue weighted by molar-refractivity contribution is 7.10. The topological polar surface area (TPSA) is 49.4 Å². The molecule has 1 aliphatic heterocycles. The molecule has 4 rings (SSSR count). The molecular formula is C22H22N2O2S2. The molecule has 28 heavy (non-hydrogen) atoms. The zero-order valence-electron chi connectivity index (χ0n) is 15.6. The van der Waals surface area contributed by atoms with Gasteiger partial charge >= 0.3 is 0 Å². The third-order valence-electron chi connectivity index (χ3n) is 5.06. The van der Waals surface area contributed by atoms with Crippen molar-refractivity contribution < 1.29 is 9.59 Å². The Balaban J connectivity index is 1.61. The second-order valence-electron chi connectivity index (χ2n) is 6.92. The summed E-state index contributed by atoms with van der Waals surface area (Å²) in [7, 11) is 0. The van der Waals surface area contributed by atoms with E-state index in [9.17, 15) is 9.59 Å². The Bertz CT molecular complexity index is 950. The second-order valence-corrected chi connectivity index (χ2v) is 8.90. The van der Waals surface area contributed by atoms with Gasteiger partial charge in [-0.05, 0) is 40.4 Å². The van der Waals surface area contributed by atoms with Gasteiger partial charge in [-0.1, -0.05) is 36.4 Å². The molecular weight excluding hydrogens is 388 g/mol. The van der Waals surface area contributed by atoms with Crippen LogP contribution in [0.2, 0.25) is 0 Å². The maximum Gasteiger partial charge on any atom is 0.225 e. The van der Waals surface area contributed by atoms with Crippen LogP contribution in [0.3, 0.4) is 0 Å². The second kappa shape index (κ2) is 8.29. The zero-order chi connectivity index (χ0) is 19.5. The SMILES string of the molecule is CC(=O)N[C@@H](CC(=O)N1CCc2sccc2[C@@H]1c1cccs1)c1ccccc1. The van der Waals surface area contributed by atoms with Crippen molar-refractivity contribution in [2.75, 3.05) is 6.54 Å². The van der Waals surface area contributed by atoms with Crippen LogP contribution in [0.15, 0.2) is 59.3 Å². The zero-order valence-corrected chi connectivity index (χ0v) is 17.3. The molecule has 6 heteroatoms. The van der Waals surface area contributed by atoms with Crippen molar-refractivity contribution in [2.45, 2.75) is 31.8 Å². The maximum atomic E-state index is 13.4. The average molecular weight is 411 g/mol. The molecule has 0 saturated carbocycles. The van der Waals surface area contributed by atoms with E-state index < -0.39 is 0 Å². The smallest absolute Gasteiger partial charge is 0.225 e. The van der Waals surface area contributed by atoms with Crippen LogP contribution in [-0.2, 0) is 16.0 Å². The molecule has 2 aromatic heterocycles. The average Bonchev–Trinajstić information content (AvgIpc) is 3.38. The van der Waals surface area contributed by atoms with Gasteiger partial charge in [-0.15, -0.1) is 22.7 Å². The Labute approximate surface area is 172 Å². The van der Waals surface area contributed by atoms with E-state index in [1.807, 2.05) is 41.3 Å². The van der Waals surface area contributed by atoms with Gasteiger partial charge < -0.3 is 10.2 Å². The quantitative estimate of drug-likeness (QED) is 0.671. The van der Waals surface area contributed by atoms with Crippen molar-refractivity contribution >= 4 is 34.5 Å². The summed E-state index contributed by atoms with van der Waals surface area (Å²) in [5.41, 5.74) is 2.19. The lowest BCUT2D eigenvalue weighted by molar-refractivity contribution is -0.134. The highest BCUT2D eigenvalue weighted by Crippen LogP contribution is 2.40. The van der Waals surface area contributed by atoms with Crippen LogP contribution in [0, 0.1) is 0 Å². The van der Waals surface area contributed by atoms with E-state index in [4.69, 9.17) is 0 Å². The first kappa shape index (κ1) is 18.9. The predicted octanol–water partition coefficient (Wildman–Crippen LogP) is 4.55. The number of nitrogens with zero attached hydrogens (tertiary/aromatic N) is 1. The molecule has 1 N–H and O–H groups in total. The third-order valence-corrected chi connectivity index (χ3v) is 6.98. The van der Waals surface area contributed by atoms with E-state index in [0.29, 0.717) is 6.54 Å². The molecule has 4 nitrogen and oxygen atoms in total. The number of rotatable bonds is 5. The summed E-state index contributed by atoms with van der Waals surface area (Å²) in [4.78, 5) is 29.6. The van der Waals surface area contributed by atoms with Gasteiger partial charge in [0.05, 0.1) is 18.5 Å². The number of carbonyl (C=O) groups excluding carboxylic acids is 2. The largest absolute Gasteiger partial charge is 0.349 e. The van der Waals surface area contributed by atoms with Gasteiger partial charge in [0.25, 0.3) is 0 Å². The molecule has 2 atom stereocenters. The first-order chi connectivity index (χ1) is 13.6. The summed E-state index contributed by atoms with van der Waals surface area (Å²) >= 11 is 3.45. The van der Waals surface area contributed by atoms with Gasteiger partial charge in [-0.2, -0.15) is 0 Å². The number of benzene rings is 1. The minimum Gasteiger partial charge on any atom is -0.349 e. The fourth-order valence-electron chi connectivity index (χ4n) is 3.81. The highest BCUT2D eigenvalue weighted by Gasteiger charge is 2.34. The molecule has 0 saturated heterocycles. The van der Waals surface area contributed by atoms with Crippen LogP contribution in [0.25, 0.3) is 0 Å². The number of amides is 2. The fraction of sp³-hybridized carbons (Fsp3) is 0.273. The molecule has 0 radical (unpaired) electrons. The summed E-state index contributed by atoms with van der Waals surface area (Å²) in [6.07, 6.45) is 1.14. The summed E-state index contributed by atoms with van der Waals surface area (Å²) in [5, 5.41) is 7.12. The van der Waals surface area contributed by atoms with Crippen molar-refractivity contribution in [3.63, 3.8) is 0 Å². The Morgan fingerprint density at radius 1 is 1.11 bits per heavy atom. The van der Waals surface area contributed by atoms with E-state index >= 15 is 0 Å². The molecule has 1 aromatic carbocycles. The number of nitrogens with one attached hydrogen (secondary N) is 1. The van der Waals surface area contributed by atoms with E-state index in [1.165, 1.54) is 22.2 Å². The van der Waals surface area contributed by atoms with Crippen LogP contribution in [-0.4, -0.2) is 23.3 Å². The molecule has 0 fully saturated rings. The van der Waals surface area contributed by atoms with Gasteiger partial charge in [0.1, 0.15) is 0 Å². The van der Waals surface area contributed by atoms with Crippen LogP contribution < -0.4 is 5.32 Å². The number of carbonyl (C=O) groups is 2. The number of fused-ring (bicyclic) bond motifs is 1. The van der Waals surface area contributed by atoms with Crippen LogP contribution >= 0.6 is 22.7 Å². The molecule has 2 amide bonds. The number of thiophene rings is 2. The van der Waals surface area contributed by atoms with Crippen molar-refractivity contribution in [1.82, 2.24) is 10.2 Å². The fourth-order valence-corrected chi connectivity index (χ4v) is 5.57. The Morgan fingerprint density at radius 3 is 2.64 bits per heavy atom. The summed E-state index contributed by atoms with van der Waals surface area (Å²) in [6, 6.07) is 15.6. The first-order valence-corrected chi connectivity index (χ1v) is 11.1. The Kier molecular flexibility index (Phi) is 5.59. The normalized spacial score (nSPS) is 17.0.